The van der Waals surface area contributed by atoms with Crippen molar-refractivity contribution in [3.8, 4) is 22.6 Å². The summed E-state index contributed by atoms with van der Waals surface area (Å²) < 4.78 is 13.0. The molecule has 0 saturated heterocycles. The van der Waals surface area contributed by atoms with E-state index in [1.165, 1.54) is 21.9 Å². The van der Waals surface area contributed by atoms with Gasteiger partial charge in [-0.05, 0) is 105 Å². The maximum atomic E-state index is 6.60. The number of aromatic nitrogens is 1. The Morgan fingerprint density at radius 3 is 1.94 bits per heavy atom. The molecule has 0 aliphatic heterocycles. The van der Waals surface area contributed by atoms with Crippen LogP contribution in [0.1, 0.15) is 0 Å². The molecule has 53 heavy (non-hydrogen) atoms. The number of rotatable bonds is 5. The van der Waals surface area contributed by atoms with E-state index in [4.69, 9.17) is 13.8 Å². The standard InChI is InChI=1S/C49H30N2O2/c1-3-10-31(11-4-1)36-21-18-32-22-25-38(29-37(32)28-36)51(43-15-9-17-45-47(43)40-14-7-8-16-44(40)52-45)39-26-23-33-19-20-34-24-27-42-48(46(34)41(33)30-39)53-49(50-42)35-12-5-2-6-13-35/h1-30H. The van der Waals surface area contributed by atoms with E-state index in [2.05, 4.69) is 144 Å². The quantitative estimate of drug-likeness (QED) is 0.170. The van der Waals surface area contributed by atoms with Crippen LogP contribution in [0.4, 0.5) is 17.1 Å². The van der Waals surface area contributed by atoms with E-state index in [0.29, 0.717) is 5.89 Å². The molecule has 4 heteroatoms. The number of anilines is 3. The summed E-state index contributed by atoms with van der Waals surface area (Å²) in [5, 5.41) is 8.89. The van der Waals surface area contributed by atoms with Gasteiger partial charge in [-0.1, -0.05) is 115 Å². The first kappa shape index (κ1) is 29.5. The van der Waals surface area contributed by atoms with Crippen molar-refractivity contribution in [1.82, 2.24) is 4.98 Å². The van der Waals surface area contributed by atoms with E-state index < -0.39 is 0 Å². The summed E-state index contributed by atoms with van der Waals surface area (Å²) in [6.07, 6.45) is 0. The lowest BCUT2D eigenvalue weighted by Gasteiger charge is -2.27. The third kappa shape index (κ3) is 4.80. The molecule has 11 aromatic rings. The summed E-state index contributed by atoms with van der Waals surface area (Å²) in [7, 11) is 0. The topological polar surface area (TPSA) is 42.4 Å². The van der Waals surface area contributed by atoms with Crippen molar-refractivity contribution in [3.63, 3.8) is 0 Å². The zero-order valence-electron chi connectivity index (χ0n) is 28.5. The summed E-state index contributed by atoms with van der Waals surface area (Å²) in [6, 6.07) is 64.0. The van der Waals surface area contributed by atoms with Gasteiger partial charge in [0.15, 0.2) is 5.58 Å². The highest BCUT2D eigenvalue weighted by molar-refractivity contribution is 6.19. The van der Waals surface area contributed by atoms with Gasteiger partial charge in [0.2, 0.25) is 5.89 Å². The molecule has 2 heterocycles. The van der Waals surface area contributed by atoms with Crippen LogP contribution in [-0.4, -0.2) is 4.98 Å². The molecule has 11 rings (SSSR count). The van der Waals surface area contributed by atoms with E-state index in [-0.39, 0.29) is 0 Å². The third-order valence-electron chi connectivity index (χ3n) is 10.4. The van der Waals surface area contributed by atoms with E-state index in [1.807, 2.05) is 42.5 Å². The summed E-state index contributed by atoms with van der Waals surface area (Å²) in [5.41, 5.74) is 9.81. The molecule has 0 fully saturated rings. The smallest absolute Gasteiger partial charge is 0.227 e. The fourth-order valence-corrected chi connectivity index (χ4v) is 7.91. The second-order valence-electron chi connectivity index (χ2n) is 13.6. The molecule has 248 valence electrons. The van der Waals surface area contributed by atoms with Crippen molar-refractivity contribution in [2.75, 3.05) is 4.90 Å². The van der Waals surface area contributed by atoms with Crippen molar-refractivity contribution in [2.24, 2.45) is 0 Å². The van der Waals surface area contributed by atoms with Crippen molar-refractivity contribution < 1.29 is 8.83 Å². The molecule has 2 aromatic heterocycles. The highest BCUT2D eigenvalue weighted by Crippen LogP contribution is 2.45. The predicted octanol–water partition coefficient (Wildman–Crippen LogP) is 14.0. The Kier molecular flexibility index (Phi) is 6.52. The Morgan fingerprint density at radius 2 is 1.08 bits per heavy atom. The second-order valence-corrected chi connectivity index (χ2v) is 13.6. The van der Waals surface area contributed by atoms with Crippen molar-refractivity contribution in [2.45, 2.75) is 0 Å². The average Bonchev–Trinajstić information content (AvgIpc) is 3.84. The molecule has 9 aromatic carbocycles. The number of nitrogens with zero attached hydrogens (tertiary/aromatic N) is 2. The Labute approximate surface area is 304 Å². The fourth-order valence-electron chi connectivity index (χ4n) is 7.91. The predicted molar refractivity (Wildman–Crippen MR) is 219 cm³/mol. The number of hydrogen-bond acceptors (Lipinski definition) is 4. The molecule has 0 saturated carbocycles. The molecule has 0 bridgehead atoms. The maximum absolute atomic E-state index is 6.60. The molecule has 0 N–H and O–H groups in total. The van der Waals surface area contributed by atoms with Crippen LogP contribution >= 0.6 is 0 Å². The minimum Gasteiger partial charge on any atom is -0.456 e. The van der Waals surface area contributed by atoms with Crippen molar-refractivity contribution in [1.29, 1.82) is 0 Å². The number of para-hydroxylation sites is 1. The molecule has 0 unspecified atom stereocenters. The van der Waals surface area contributed by atoms with Gasteiger partial charge in [-0.25, -0.2) is 4.98 Å². The molecule has 0 aliphatic carbocycles. The molecule has 0 radical (unpaired) electrons. The first-order valence-corrected chi connectivity index (χ1v) is 17.9. The van der Waals surface area contributed by atoms with E-state index in [0.717, 1.165) is 77.2 Å². The number of fused-ring (bicyclic) bond motifs is 9. The number of benzene rings is 9. The van der Waals surface area contributed by atoms with Crippen LogP contribution in [0.25, 0.3) is 87.9 Å². The van der Waals surface area contributed by atoms with E-state index in [1.54, 1.807) is 0 Å². The summed E-state index contributed by atoms with van der Waals surface area (Å²) in [6.45, 7) is 0. The Hall–Kier alpha value is -7.17. The van der Waals surface area contributed by atoms with E-state index in [9.17, 15) is 0 Å². The summed E-state index contributed by atoms with van der Waals surface area (Å²) in [4.78, 5) is 7.29. The van der Waals surface area contributed by atoms with Gasteiger partial charge in [-0.2, -0.15) is 0 Å². The first-order chi connectivity index (χ1) is 26.2. The summed E-state index contributed by atoms with van der Waals surface area (Å²) in [5.74, 6) is 0.618. The lowest BCUT2D eigenvalue weighted by molar-refractivity contribution is 0.623. The minimum atomic E-state index is 0.618. The third-order valence-corrected chi connectivity index (χ3v) is 10.4. The summed E-state index contributed by atoms with van der Waals surface area (Å²) >= 11 is 0. The van der Waals surface area contributed by atoms with Crippen LogP contribution in [0.2, 0.25) is 0 Å². The molecule has 4 nitrogen and oxygen atoms in total. The van der Waals surface area contributed by atoms with Gasteiger partial charge >= 0.3 is 0 Å². The zero-order valence-corrected chi connectivity index (χ0v) is 28.5. The SMILES string of the molecule is c1ccc(-c2ccc3ccc(N(c4ccc5ccc6ccc7nc(-c8ccccc8)oc7c6c5c4)c4cccc5oc6ccccc6c45)cc3c2)cc1. The van der Waals surface area contributed by atoms with Crippen LogP contribution in [0.5, 0.6) is 0 Å². The van der Waals surface area contributed by atoms with E-state index >= 15 is 0 Å². The van der Waals surface area contributed by atoms with Crippen LogP contribution in [0.3, 0.4) is 0 Å². The highest BCUT2D eigenvalue weighted by Gasteiger charge is 2.21. The minimum absolute atomic E-state index is 0.618. The number of hydrogen-bond donors (Lipinski definition) is 0. The van der Waals surface area contributed by atoms with Gasteiger partial charge in [0, 0.05) is 27.7 Å². The molecular formula is C49H30N2O2. The Balaban J connectivity index is 1.18. The maximum Gasteiger partial charge on any atom is 0.227 e. The van der Waals surface area contributed by atoms with Gasteiger partial charge in [-0.3, -0.25) is 0 Å². The molecule has 0 amide bonds. The largest absolute Gasteiger partial charge is 0.456 e. The van der Waals surface area contributed by atoms with Crippen LogP contribution < -0.4 is 4.90 Å². The average molecular weight is 679 g/mol. The Bertz CT molecular complexity index is 3180. The van der Waals surface area contributed by atoms with Gasteiger partial charge in [0.05, 0.1) is 11.1 Å². The Morgan fingerprint density at radius 1 is 0.396 bits per heavy atom. The first-order valence-electron chi connectivity index (χ1n) is 17.9. The van der Waals surface area contributed by atoms with Crippen LogP contribution in [-0.2, 0) is 0 Å². The van der Waals surface area contributed by atoms with Gasteiger partial charge in [-0.15, -0.1) is 0 Å². The van der Waals surface area contributed by atoms with Gasteiger partial charge < -0.3 is 13.7 Å². The molecule has 0 aliphatic rings. The highest BCUT2D eigenvalue weighted by atomic mass is 16.3. The lowest BCUT2D eigenvalue weighted by Crippen LogP contribution is -2.10. The fraction of sp³-hybridized carbons (Fsp3) is 0. The number of oxazole rings is 1. The molecule has 0 atom stereocenters. The normalized spacial score (nSPS) is 11.8. The van der Waals surface area contributed by atoms with Crippen LogP contribution in [0, 0.1) is 0 Å². The van der Waals surface area contributed by atoms with Crippen molar-refractivity contribution >= 4 is 82.4 Å². The van der Waals surface area contributed by atoms with Gasteiger partial charge in [0.1, 0.15) is 16.7 Å². The van der Waals surface area contributed by atoms with Gasteiger partial charge in [0.25, 0.3) is 0 Å². The zero-order chi connectivity index (χ0) is 34.9. The molecule has 0 spiro atoms. The lowest BCUT2D eigenvalue weighted by atomic mass is 9.99. The number of furan rings is 1. The second kappa shape index (κ2) is 11.7. The monoisotopic (exact) mass is 678 g/mol. The van der Waals surface area contributed by atoms with Crippen LogP contribution in [0.15, 0.2) is 191 Å². The molecular weight excluding hydrogens is 649 g/mol. The van der Waals surface area contributed by atoms with Crippen molar-refractivity contribution in [3.05, 3.63) is 182 Å².